The minimum atomic E-state index is -0.0944. The van der Waals surface area contributed by atoms with Crippen molar-refractivity contribution < 1.29 is 18.7 Å². The number of rotatable bonds is 16. The molecule has 4 rings (SSSR count). The van der Waals surface area contributed by atoms with E-state index in [1.165, 1.54) is 0 Å². The van der Waals surface area contributed by atoms with Crippen molar-refractivity contribution in [3.8, 4) is 11.1 Å². The van der Waals surface area contributed by atoms with Crippen LogP contribution in [-0.4, -0.2) is 65.0 Å². The van der Waals surface area contributed by atoms with Gasteiger partial charge in [0.1, 0.15) is 12.1 Å². The van der Waals surface area contributed by atoms with Gasteiger partial charge in [-0.05, 0) is 49.1 Å². The fraction of sp³-hybridized carbons (Fsp3) is 0.385. The molecule has 1 amide bonds. The van der Waals surface area contributed by atoms with E-state index in [-0.39, 0.29) is 5.91 Å². The number of aromatic nitrogens is 4. The minimum absolute atomic E-state index is 0.0944. The van der Waals surface area contributed by atoms with E-state index in [1.807, 2.05) is 24.3 Å². The first-order chi connectivity index (χ1) is 18.3. The zero-order valence-electron chi connectivity index (χ0n) is 20.8. The summed E-state index contributed by atoms with van der Waals surface area (Å²) in [7, 11) is 0. The molecule has 0 fully saturated rings. The highest BCUT2D eigenvalue weighted by molar-refractivity contribution is 5.95. The van der Waals surface area contributed by atoms with Crippen LogP contribution in [0.25, 0.3) is 16.8 Å². The Kier molecular flexibility index (Phi) is 9.99. The van der Waals surface area contributed by atoms with Crippen molar-refractivity contribution in [2.75, 3.05) is 44.8 Å². The predicted molar refractivity (Wildman–Crippen MR) is 139 cm³/mol. The average Bonchev–Trinajstić information content (AvgIpc) is 3.63. The summed E-state index contributed by atoms with van der Waals surface area (Å²) in [6.07, 6.45) is 7.82. The first-order valence-electron chi connectivity index (χ1n) is 12.5. The van der Waals surface area contributed by atoms with Gasteiger partial charge in [-0.3, -0.25) is 9.20 Å². The maximum Gasteiger partial charge on any atom is 0.251 e. The molecule has 0 aliphatic rings. The Bertz CT molecular complexity index is 1230. The van der Waals surface area contributed by atoms with Gasteiger partial charge < -0.3 is 30.3 Å². The fourth-order valence-corrected chi connectivity index (χ4v) is 3.75. The molecule has 1 aromatic carbocycles. The molecule has 11 nitrogen and oxygen atoms in total. The van der Waals surface area contributed by atoms with Crippen LogP contribution in [0.5, 0.6) is 0 Å². The number of benzene rings is 1. The van der Waals surface area contributed by atoms with E-state index in [2.05, 4.69) is 25.8 Å². The second-order valence-corrected chi connectivity index (χ2v) is 8.36. The third kappa shape index (κ3) is 7.59. The lowest BCUT2D eigenvalue weighted by Crippen LogP contribution is -2.24. The van der Waals surface area contributed by atoms with Gasteiger partial charge in [0, 0.05) is 37.0 Å². The summed E-state index contributed by atoms with van der Waals surface area (Å²) >= 11 is 0. The zero-order chi connectivity index (χ0) is 25.7. The molecule has 11 heteroatoms. The molecule has 4 N–H and O–H groups in total. The van der Waals surface area contributed by atoms with Crippen LogP contribution in [0.2, 0.25) is 0 Å². The Morgan fingerprint density at radius 2 is 1.86 bits per heavy atom. The number of furan rings is 1. The summed E-state index contributed by atoms with van der Waals surface area (Å²) in [5.74, 6) is 1.32. The molecule has 0 unspecified atom stereocenters. The van der Waals surface area contributed by atoms with Crippen LogP contribution < -0.4 is 16.4 Å². The van der Waals surface area contributed by atoms with Crippen LogP contribution in [0.4, 0.5) is 5.95 Å². The summed E-state index contributed by atoms with van der Waals surface area (Å²) in [6.45, 7) is 4.05. The quantitative estimate of drug-likeness (QED) is 0.195. The third-order valence-electron chi connectivity index (χ3n) is 5.68. The lowest BCUT2D eigenvalue weighted by molar-refractivity contribution is 0.0492. The number of carbonyl (C=O) groups excluding carboxylic acids is 1. The molecule has 37 heavy (non-hydrogen) atoms. The lowest BCUT2D eigenvalue weighted by atomic mass is 10.1. The topological polar surface area (TPSA) is 142 Å². The van der Waals surface area contributed by atoms with Crippen LogP contribution in [0.15, 0.2) is 59.6 Å². The minimum Gasteiger partial charge on any atom is -0.467 e. The Labute approximate surface area is 215 Å². The Balaban J connectivity index is 1.23. The number of nitrogens with zero attached hydrogens (tertiary/aromatic N) is 4. The van der Waals surface area contributed by atoms with Crippen molar-refractivity contribution in [3.05, 3.63) is 66.5 Å². The molecule has 196 valence electrons. The number of amides is 1. The summed E-state index contributed by atoms with van der Waals surface area (Å²) in [4.78, 5) is 17.1. The van der Waals surface area contributed by atoms with Gasteiger partial charge in [-0.25, -0.2) is 4.98 Å². The molecular formula is C26H33N7O4. The number of unbranched alkanes of at least 4 members (excludes halogenated alkanes) is 2. The van der Waals surface area contributed by atoms with Gasteiger partial charge in [-0.2, -0.15) is 0 Å². The summed E-state index contributed by atoms with van der Waals surface area (Å²) in [5.41, 5.74) is 8.35. The Morgan fingerprint density at radius 1 is 1.03 bits per heavy atom. The van der Waals surface area contributed by atoms with Crippen molar-refractivity contribution in [2.24, 2.45) is 5.73 Å². The van der Waals surface area contributed by atoms with Gasteiger partial charge in [0.25, 0.3) is 5.91 Å². The van der Waals surface area contributed by atoms with Crippen molar-refractivity contribution in [2.45, 2.75) is 25.8 Å². The zero-order valence-corrected chi connectivity index (χ0v) is 20.8. The molecule has 3 heterocycles. The van der Waals surface area contributed by atoms with Crippen molar-refractivity contribution in [1.29, 1.82) is 0 Å². The van der Waals surface area contributed by atoms with Crippen LogP contribution in [0, 0.1) is 0 Å². The van der Waals surface area contributed by atoms with E-state index in [1.54, 1.807) is 35.3 Å². The van der Waals surface area contributed by atoms with Crippen molar-refractivity contribution in [3.63, 3.8) is 0 Å². The van der Waals surface area contributed by atoms with Crippen molar-refractivity contribution in [1.82, 2.24) is 24.9 Å². The molecule has 0 saturated carbocycles. The van der Waals surface area contributed by atoms with Gasteiger partial charge in [-0.15, -0.1) is 10.2 Å². The predicted octanol–water partition coefficient (Wildman–Crippen LogP) is 2.89. The summed E-state index contributed by atoms with van der Waals surface area (Å²) in [5, 5.41) is 14.5. The molecule has 0 atom stereocenters. The van der Waals surface area contributed by atoms with Crippen LogP contribution in [0.1, 0.15) is 35.4 Å². The monoisotopic (exact) mass is 507 g/mol. The van der Waals surface area contributed by atoms with E-state index < -0.39 is 0 Å². The first kappa shape index (κ1) is 26.3. The number of hydrogen-bond acceptors (Lipinski definition) is 9. The Hall–Kier alpha value is -3.80. The number of hydrogen-bond donors (Lipinski definition) is 3. The summed E-state index contributed by atoms with van der Waals surface area (Å²) in [6, 6.07) is 11.1. The van der Waals surface area contributed by atoms with Gasteiger partial charge in [-0.1, -0.05) is 12.1 Å². The van der Waals surface area contributed by atoms with E-state index in [4.69, 9.17) is 19.6 Å². The molecule has 0 spiro atoms. The van der Waals surface area contributed by atoms with Crippen LogP contribution >= 0.6 is 0 Å². The van der Waals surface area contributed by atoms with E-state index in [9.17, 15) is 4.79 Å². The SMILES string of the molecule is NCCOCCOCCCCCNC(=O)c1ccc(-c2cnc(NCc3ccco3)n3cnnc23)cc1. The largest absolute Gasteiger partial charge is 0.467 e. The van der Waals surface area contributed by atoms with Crippen LogP contribution in [0.3, 0.4) is 0 Å². The molecule has 0 aliphatic heterocycles. The average molecular weight is 508 g/mol. The van der Waals surface area contributed by atoms with Gasteiger partial charge in [0.15, 0.2) is 5.65 Å². The van der Waals surface area contributed by atoms with E-state index in [0.29, 0.717) is 63.2 Å². The van der Waals surface area contributed by atoms with Gasteiger partial charge in [0.05, 0.1) is 32.6 Å². The number of fused-ring (bicyclic) bond motifs is 1. The molecule has 3 aromatic heterocycles. The summed E-state index contributed by atoms with van der Waals surface area (Å²) < 4.78 is 17.9. The van der Waals surface area contributed by atoms with Crippen LogP contribution in [-0.2, 0) is 16.0 Å². The normalized spacial score (nSPS) is 11.2. The fourth-order valence-electron chi connectivity index (χ4n) is 3.75. The second-order valence-electron chi connectivity index (χ2n) is 8.36. The van der Waals surface area contributed by atoms with Gasteiger partial charge in [0.2, 0.25) is 5.95 Å². The lowest BCUT2D eigenvalue weighted by Gasteiger charge is -2.10. The highest BCUT2D eigenvalue weighted by atomic mass is 16.5. The highest BCUT2D eigenvalue weighted by Crippen LogP contribution is 2.25. The number of nitrogens with one attached hydrogen (secondary N) is 2. The van der Waals surface area contributed by atoms with Crippen molar-refractivity contribution >= 4 is 17.5 Å². The molecule has 0 saturated heterocycles. The molecular weight excluding hydrogens is 474 g/mol. The van der Waals surface area contributed by atoms with E-state index >= 15 is 0 Å². The maximum absolute atomic E-state index is 12.5. The highest BCUT2D eigenvalue weighted by Gasteiger charge is 2.12. The molecule has 4 aromatic rings. The van der Waals surface area contributed by atoms with E-state index in [0.717, 1.165) is 36.1 Å². The number of carbonyl (C=O) groups is 1. The van der Waals surface area contributed by atoms with Gasteiger partial charge >= 0.3 is 0 Å². The number of nitrogens with two attached hydrogens (primary N) is 1. The molecule has 0 bridgehead atoms. The standard InChI is InChI=1S/C26H33N7O4/c27-10-14-36-16-15-35-12-3-1-2-11-28-25(34)21-8-6-20(7-9-21)23-18-30-26(33-19-31-32-24(23)33)29-17-22-5-4-13-37-22/h4-9,13,18-19H,1-3,10-12,14-17,27H2,(H,28,34)(H,29,30). The Morgan fingerprint density at radius 3 is 2.65 bits per heavy atom. The second kappa shape index (κ2) is 14.1. The smallest absolute Gasteiger partial charge is 0.251 e. The third-order valence-corrected chi connectivity index (χ3v) is 5.68. The first-order valence-corrected chi connectivity index (χ1v) is 12.5. The molecule has 0 aliphatic carbocycles. The number of anilines is 1. The molecule has 0 radical (unpaired) electrons. The number of ether oxygens (including phenoxy) is 2. The maximum atomic E-state index is 12.5.